The van der Waals surface area contributed by atoms with Crippen LogP contribution in [0.25, 0.3) is 0 Å². The Hall–Kier alpha value is -2.43. The predicted molar refractivity (Wildman–Crippen MR) is 72.9 cm³/mol. The van der Waals surface area contributed by atoms with Crippen LogP contribution in [0.4, 0.5) is 15.9 Å². The first-order valence-corrected chi connectivity index (χ1v) is 5.81. The Bertz CT molecular complexity index is 613. The van der Waals surface area contributed by atoms with Crippen molar-refractivity contribution in [2.75, 3.05) is 17.7 Å². The van der Waals surface area contributed by atoms with Gasteiger partial charge in [0.2, 0.25) is 0 Å². The molecule has 98 valence electrons. The number of carbonyl (C=O) groups is 1. The van der Waals surface area contributed by atoms with E-state index in [1.54, 1.807) is 38.4 Å². The molecule has 2 aromatic rings. The van der Waals surface area contributed by atoms with E-state index in [9.17, 15) is 9.18 Å². The summed E-state index contributed by atoms with van der Waals surface area (Å²) in [5, 5.41) is 5.61. The van der Waals surface area contributed by atoms with Crippen LogP contribution in [0.5, 0.6) is 0 Å². The maximum Gasteiger partial charge on any atom is 0.255 e. The van der Waals surface area contributed by atoms with Crippen molar-refractivity contribution in [2.45, 2.75) is 6.92 Å². The van der Waals surface area contributed by atoms with Crippen molar-refractivity contribution < 1.29 is 9.18 Å². The number of nitrogens with zero attached hydrogens (tertiary/aromatic N) is 1. The molecule has 0 spiro atoms. The van der Waals surface area contributed by atoms with Crippen LogP contribution in [-0.4, -0.2) is 17.9 Å². The average Bonchev–Trinajstić information content (AvgIpc) is 2.42. The molecule has 0 saturated carbocycles. The lowest BCUT2D eigenvalue weighted by Gasteiger charge is -2.09. The van der Waals surface area contributed by atoms with Crippen molar-refractivity contribution in [3.8, 4) is 0 Å². The highest BCUT2D eigenvalue weighted by atomic mass is 19.1. The van der Waals surface area contributed by atoms with Gasteiger partial charge in [-0.15, -0.1) is 0 Å². The quantitative estimate of drug-likeness (QED) is 0.891. The zero-order chi connectivity index (χ0) is 13.8. The number of aromatic nitrogens is 1. The number of benzene rings is 1. The van der Waals surface area contributed by atoms with Gasteiger partial charge in [-0.2, -0.15) is 0 Å². The summed E-state index contributed by atoms with van der Waals surface area (Å²) in [5.74, 6) is 0.0361. The molecular weight excluding hydrogens is 245 g/mol. The maximum absolute atomic E-state index is 13.0. The molecule has 0 bridgehead atoms. The van der Waals surface area contributed by atoms with Crippen LogP contribution in [-0.2, 0) is 0 Å². The minimum Gasteiger partial charge on any atom is -0.373 e. The van der Waals surface area contributed by atoms with Gasteiger partial charge in [-0.25, -0.2) is 9.37 Å². The van der Waals surface area contributed by atoms with E-state index in [1.807, 2.05) is 0 Å². The Balaban J connectivity index is 2.20. The molecule has 4 nitrogen and oxygen atoms in total. The molecule has 0 aliphatic heterocycles. The highest BCUT2D eigenvalue weighted by Gasteiger charge is 2.09. The number of amides is 1. The van der Waals surface area contributed by atoms with Gasteiger partial charge in [0.25, 0.3) is 5.91 Å². The first-order valence-electron chi connectivity index (χ1n) is 5.81. The Labute approximate surface area is 110 Å². The molecule has 0 saturated heterocycles. The van der Waals surface area contributed by atoms with Crippen LogP contribution >= 0.6 is 0 Å². The van der Waals surface area contributed by atoms with E-state index in [0.717, 1.165) is 0 Å². The summed E-state index contributed by atoms with van der Waals surface area (Å²) in [7, 11) is 1.73. The minimum atomic E-state index is -0.322. The monoisotopic (exact) mass is 259 g/mol. The number of hydrogen-bond donors (Lipinski definition) is 2. The molecule has 2 rings (SSSR count). The van der Waals surface area contributed by atoms with Gasteiger partial charge in [-0.1, -0.05) is 0 Å². The number of hydrogen-bond acceptors (Lipinski definition) is 3. The van der Waals surface area contributed by atoms with Gasteiger partial charge in [0.1, 0.15) is 11.6 Å². The Morgan fingerprint density at radius 1 is 1.26 bits per heavy atom. The molecule has 0 aliphatic carbocycles. The molecule has 1 aromatic carbocycles. The molecule has 1 amide bonds. The lowest BCUT2D eigenvalue weighted by molar-refractivity contribution is 0.102. The van der Waals surface area contributed by atoms with E-state index >= 15 is 0 Å². The summed E-state index contributed by atoms with van der Waals surface area (Å²) < 4.78 is 13.0. The number of rotatable bonds is 3. The van der Waals surface area contributed by atoms with Crippen molar-refractivity contribution in [3.63, 3.8) is 0 Å². The molecule has 19 heavy (non-hydrogen) atoms. The molecule has 0 unspecified atom stereocenters. The topological polar surface area (TPSA) is 54.0 Å². The van der Waals surface area contributed by atoms with Crippen LogP contribution in [0.3, 0.4) is 0 Å². The van der Waals surface area contributed by atoms with Gasteiger partial charge in [0.15, 0.2) is 0 Å². The summed E-state index contributed by atoms with van der Waals surface area (Å²) in [6.45, 7) is 1.74. The molecule has 5 heteroatoms. The number of halogens is 1. The summed E-state index contributed by atoms with van der Waals surface area (Å²) in [4.78, 5) is 16.1. The standard InChI is InChI=1S/C14H14FN3O/c1-9-7-11(15)3-4-12(9)18-14(19)10-5-6-17-13(8-10)16-2/h3-8H,1-2H3,(H,16,17)(H,18,19). The van der Waals surface area contributed by atoms with Gasteiger partial charge in [0.05, 0.1) is 0 Å². The average molecular weight is 259 g/mol. The number of anilines is 2. The zero-order valence-electron chi connectivity index (χ0n) is 10.7. The fourth-order valence-corrected chi connectivity index (χ4v) is 1.67. The first-order chi connectivity index (χ1) is 9.10. The number of pyridine rings is 1. The Kier molecular flexibility index (Phi) is 3.75. The van der Waals surface area contributed by atoms with Crippen LogP contribution in [0.1, 0.15) is 15.9 Å². The normalized spacial score (nSPS) is 10.1. The lowest BCUT2D eigenvalue weighted by atomic mass is 10.1. The highest BCUT2D eigenvalue weighted by molar-refractivity contribution is 6.04. The molecule has 1 heterocycles. The fraction of sp³-hybridized carbons (Fsp3) is 0.143. The van der Waals surface area contributed by atoms with Crippen LogP contribution in [0, 0.1) is 12.7 Å². The second kappa shape index (κ2) is 5.48. The van der Waals surface area contributed by atoms with Crippen LogP contribution < -0.4 is 10.6 Å². The second-order valence-corrected chi connectivity index (χ2v) is 4.09. The second-order valence-electron chi connectivity index (χ2n) is 4.09. The third-order valence-electron chi connectivity index (χ3n) is 2.71. The molecule has 0 radical (unpaired) electrons. The number of nitrogens with one attached hydrogen (secondary N) is 2. The van der Waals surface area contributed by atoms with Crippen molar-refractivity contribution in [1.82, 2.24) is 4.98 Å². The highest BCUT2D eigenvalue weighted by Crippen LogP contribution is 2.17. The van der Waals surface area contributed by atoms with Gasteiger partial charge < -0.3 is 10.6 Å². The number of aryl methyl sites for hydroxylation is 1. The van der Waals surface area contributed by atoms with Crippen LogP contribution in [0.2, 0.25) is 0 Å². The lowest BCUT2D eigenvalue weighted by Crippen LogP contribution is -2.13. The van der Waals surface area contributed by atoms with Crippen molar-refractivity contribution in [1.29, 1.82) is 0 Å². The van der Waals surface area contributed by atoms with E-state index in [0.29, 0.717) is 22.6 Å². The van der Waals surface area contributed by atoms with Crippen molar-refractivity contribution in [2.24, 2.45) is 0 Å². The SMILES string of the molecule is CNc1cc(C(=O)Nc2ccc(F)cc2C)ccn1. The maximum atomic E-state index is 13.0. The summed E-state index contributed by atoms with van der Waals surface area (Å²) in [5.41, 5.74) is 1.76. The molecule has 0 atom stereocenters. The van der Waals surface area contributed by atoms with E-state index < -0.39 is 0 Å². The summed E-state index contributed by atoms with van der Waals surface area (Å²) in [6, 6.07) is 7.50. The van der Waals surface area contributed by atoms with Gasteiger partial charge in [-0.05, 0) is 42.8 Å². The molecular formula is C14H14FN3O. The van der Waals surface area contributed by atoms with Crippen LogP contribution in [0.15, 0.2) is 36.5 Å². The first kappa shape index (κ1) is 13.0. The van der Waals surface area contributed by atoms with Gasteiger partial charge in [-0.3, -0.25) is 4.79 Å². The van der Waals surface area contributed by atoms with Gasteiger partial charge in [0, 0.05) is 24.5 Å². The van der Waals surface area contributed by atoms with E-state index in [4.69, 9.17) is 0 Å². The third kappa shape index (κ3) is 3.07. The Morgan fingerprint density at radius 2 is 2.05 bits per heavy atom. The minimum absolute atomic E-state index is 0.256. The van der Waals surface area contributed by atoms with E-state index in [-0.39, 0.29) is 11.7 Å². The number of carbonyl (C=O) groups excluding carboxylic acids is 1. The summed E-state index contributed by atoms with van der Waals surface area (Å²) >= 11 is 0. The molecule has 0 aliphatic rings. The summed E-state index contributed by atoms with van der Waals surface area (Å²) in [6.07, 6.45) is 1.55. The predicted octanol–water partition coefficient (Wildman–Crippen LogP) is 2.82. The zero-order valence-corrected chi connectivity index (χ0v) is 10.7. The smallest absolute Gasteiger partial charge is 0.255 e. The van der Waals surface area contributed by atoms with Gasteiger partial charge >= 0.3 is 0 Å². The largest absolute Gasteiger partial charge is 0.373 e. The van der Waals surface area contributed by atoms with E-state index in [2.05, 4.69) is 15.6 Å². The third-order valence-corrected chi connectivity index (χ3v) is 2.71. The molecule has 2 N–H and O–H groups in total. The molecule has 0 fully saturated rings. The Morgan fingerprint density at radius 3 is 2.74 bits per heavy atom. The van der Waals surface area contributed by atoms with Crippen molar-refractivity contribution in [3.05, 3.63) is 53.5 Å². The van der Waals surface area contributed by atoms with E-state index in [1.165, 1.54) is 12.1 Å². The molecule has 1 aromatic heterocycles. The van der Waals surface area contributed by atoms with Crippen molar-refractivity contribution >= 4 is 17.4 Å². The fourth-order valence-electron chi connectivity index (χ4n) is 1.67.